The average molecular weight is 340 g/mol. The van der Waals surface area contributed by atoms with Crippen molar-refractivity contribution in [2.24, 2.45) is 5.73 Å². The van der Waals surface area contributed by atoms with Crippen molar-refractivity contribution in [3.8, 4) is 11.8 Å². The summed E-state index contributed by atoms with van der Waals surface area (Å²) in [5.74, 6) is 0. The van der Waals surface area contributed by atoms with E-state index in [0.29, 0.717) is 22.1 Å². The molecule has 2 rings (SSSR count). The van der Waals surface area contributed by atoms with Gasteiger partial charge in [0.05, 0.1) is 6.26 Å². The topological polar surface area (TPSA) is 98.1 Å². The van der Waals surface area contributed by atoms with E-state index in [2.05, 4.69) is 6.07 Å². The van der Waals surface area contributed by atoms with E-state index < -0.39 is 16.3 Å². The quantitative estimate of drug-likeness (QED) is 0.680. The van der Waals surface area contributed by atoms with E-state index >= 15 is 0 Å². The third-order valence-corrected chi connectivity index (χ3v) is 4.01. The summed E-state index contributed by atoms with van der Waals surface area (Å²) in [6.45, 7) is 1.81. The second kappa shape index (κ2) is 6.10. The van der Waals surface area contributed by atoms with Gasteiger partial charge in [-0.25, -0.2) is 4.18 Å². The van der Waals surface area contributed by atoms with Crippen LogP contribution in [0, 0.1) is 18.3 Å². The molecule has 22 heavy (non-hydrogen) atoms. The smallest absolute Gasteiger partial charge is 0.266 e. The van der Waals surface area contributed by atoms with Crippen LogP contribution in [0.25, 0.3) is 5.69 Å². The van der Waals surface area contributed by atoms with E-state index in [9.17, 15) is 8.42 Å². The zero-order valence-corrected chi connectivity index (χ0v) is 13.5. The van der Waals surface area contributed by atoms with Crippen LogP contribution >= 0.6 is 11.6 Å². The van der Waals surface area contributed by atoms with Crippen LogP contribution in [0.3, 0.4) is 0 Å². The van der Waals surface area contributed by atoms with E-state index in [1.165, 1.54) is 0 Å². The van der Waals surface area contributed by atoms with Gasteiger partial charge in [-0.15, -0.1) is 0 Å². The van der Waals surface area contributed by atoms with Gasteiger partial charge in [0.15, 0.2) is 6.23 Å². The van der Waals surface area contributed by atoms with Crippen LogP contribution in [-0.2, 0) is 14.3 Å². The fraction of sp³-hybridized carbons (Fsp3) is 0.214. The maximum atomic E-state index is 11.1. The Bertz CT molecular complexity index is 835. The first-order valence-electron chi connectivity index (χ1n) is 6.25. The molecule has 0 bridgehead atoms. The second-order valence-corrected chi connectivity index (χ2v) is 6.72. The Morgan fingerprint density at radius 2 is 1.95 bits per heavy atom. The van der Waals surface area contributed by atoms with Gasteiger partial charge in [-0.1, -0.05) is 23.7 Å². The Morgan fingerprint density at radius 1 is 1.36 bits per heavy atom. The highest BCUT2D eigenvalue weighted by molar-refractivity contribution is 7.86. The number of nitrogens with zero attached hydrogens (tertiary/aromatic N) is 2. The predicted octanol–water partition coefficient (Wildman–Crippen LogP) is 2.24. The van der Waals surface area contributed by atoms with E-state index in [1.54, 1.807) is 34.9 Å². The zero-order valence-electron chi connectivity index (χ0n) is 11.9. The largest absolute Gasteiger partial charge is 0.301 e. The molecule has 2 N–H and O–H groups in total. The van der Waals surface area contributed by atoms with Gasteiger partial charge in [0.25, 0.3) is 10.1 Å². The summed E-state index contributed by atoms with van der Waals surface area (Å²) < 4.78 is 28.5. The lowest BCUT2D eigenvalue weighted by Gasteiger charge is -2.13. The number of halogens is 1. The maximum Gasteiger partial charge on any atom is 0.266 e. The lowest BCUT2D eigenvalue weighted by atomic mass is 10.2. The molecule has 8 heteroatoms. The number of rotatable bonds is 4. The van der Waals surface area contributed by atoms with Crippen molar-refractivity contribution >= 4 is 21.7 Å². The number of nitriles is 1. The molecule has 0 spiro atoms. The fourth-order valence-corrected chi connectivity index (χ4v) is 2.73. The average Bonchev–Trinajstić information content (AvgIpc) is 2.72. The molecule has 1 atom stereocenters. The van der Waals surface area contributed by atoms with Crippen LogP contribution < -0.4 is 5.73 Å². The molecule has 1 aromatic heterocycles. The van der Waals surface area contributed by atoms with Crippen LogP contribution in [-0.4, -0.2) is 19.2 Å². The molecule has 0 saturated heterocycles. The Hall–Kier alpha value is -1.85. The molecule has 0 amide bonds. The first-order chi connectivity index (χ1) is 10.2. The van der Waals surface area contributed by atoms with Crippen molar-refractivity contribution in [3.05, 3.63) is 52.3 Å². The Kier molecular flexibility index (Phi) is 4.58. The van der Waals surface area contributed by atoms with Crippen molar-refractivity contribution < 1.29 is 12.6 Å². The summed E-state index contributed by atoms with van der Waals surface area (Å²) in [5, 5.41) is 9.60. The zero-order chi connectivity index (χ0) is 16.5. The molecule has 1 heterocycles. The number of aryl methyl sites for hydroxylation is 1. The van der Waals surface area contributed by atoms with Crippen LogP contribution in [0.4, 0.5) is 0 Å². The number of benzene rings is 1. The maximum absolute atomic E-state index is 11.1. The molecule has 0 aliphatic rings. The van der Waals surface area contributed by atoms with Crippen LogP contribution in [0.15, 0.2) is 30.3 Å². The van der Waals surface area contributed by atoms with Crippen LogP contribution in [0.2, 0.25) is 5.15 Å². The molecule has 1 aromatic carbocycles. The summed E-state index contributed by atoms with van der Waals surface area (Å²) in [4.78, 5) is 0. The molecule has 1 unspecified atom stereocenters. The van der Waals surface area contributed by atoms with E-state index in [1.807, 2.05) is 6.92 Å². The van der Waals surface area contributed by atoms with E-state index in [4.69, 9.17) is 26.8 Å². The molecule has 0 radical (unpaired) electrons. The van der Waals surface area contributed by atoms with E-state index in [-0.39, 0.29) is 0 Å². The van der Waals surface area contributed by atoms with Gasteiger partial charge in [0, 0.05) is 5.69 Å². The molecular weight excluding hydrogens is 326 g/mol. The predicted molar refractivity (Wildman–Crippen MR) is 83.1 cm³/mol. The lowest BCUT2D eigenvalue weighted by Crippen LogP contribution is -2.18. The summed E-state index contributed by atoms with van der Waals surface area (Å²) in [5.41, 5.74) is 8.04. The third-order valence-electron chi connectivity index (χ3n) is 2.99. The summed E-state index contributed by atoms with van der Waals surface area (Å²) in [6, 6.07) is 10.4. The van der Waals surface area contributed by atoms with Gasteiger partial charge in [-0.2, -0.15) is 13.7 Å². The van der Waals surface area contributed by atoms with Crippen molar-refractivity contribution in [2.45, 2.75) is 13.2 Å². The summed E-state index contributed by atoms with van der Waals surface area (Å²) >= 11 is 6.20. The van der Waals surface area contributed by atoms with Gasteiger partial charge in [-0.05, 0) is 36.2 Å². The van der Waals surface area contributed by atoms with Crippen molar-refractivity contribution in [3.63, 3.8) is 0 Å². The molecule has 116 valence electrons. The van der Waals surface area contributed by atoms with Gasteiger partial charge in [0.2, 0.25) is 0 Å². The van der Waals surface area contributed by atoms with E-state index in [0.717, 1.165) is 11.8 Å². The minimum absolute atomic E-state index is 0.409. The molecule has 0 fully saturated rings. The normalized spacial score (nSPS) is 12.9. The van der Waals surface area contributed by atoms with Crippen molar-refractivity contribution in [1.29, 1.82) is 5.26 Å². The Morgan fingerprint density at radius 3 is 2.45 bits per heavy atom. The lowest BCUT2D eigenvalue weighted by molar-refractivity contribution is 0.224. The molecule has 2 aromatic rings. The Balaban J connectivity index is 2.36. The Labute approximate surface area is 133 Å². The molecule has 6 nitrogen and oxygen atoms in total. The molecule has 0 aliphatic carbocycles. The third kappa shape index (κ3) is 3.48. The highest BCUT2D eigenvalue weighted by atomic mass is 35.5. The summed E-state index contributed by atoms with van der Waals surface area (Å²) in [7, 11) is -3.64. The number of nitrogens with two attached hydrogens (primary N) is 1. The summed E-state index contributed by atoms with van der Waals surface area (Å²) in [6.07, 6.45) is -0.149. The van der Waals surface area contributed by atoms with Gasteiger partial charge in [-0.3, -0.25) is 4.57 Å². The van der Waals surface area contributed by atoms with Crippen LogP contribution in [0.1, 0.15) is 23.0 Å². The number of hydrogen-bond donors (Lipinski definition) is 1. The molecular formula is C14H14ClN3O3S. The standard InChI is InChI=1S/C14H14ClN3O3S/c1-9-7-12(8-16)18(13(9)15)11-5-3-10(4-6-11)14(17)21-22(2,19)20/h3-7,14H,17H2,1-2H3. The van der Waals surface area contributed by atoms with Crippen molar-refractivity contribution in [1.82, 2.24) is 4.57 Å². The second-order valence-electron chi connectivity index (χ2n) is 4.76. The SMILES string of the molecule is Cc1cc(C#N)n(-c2ccc(C(N)OS(C)(=O)=O)cc2)c1Cl. The minimum atomic E-state index is -3.64. The number of hydrogen-bond acceptors (Lipinski definition) is 5. The van der Waals surface area contributed by atoms with Crippen molar-refractivity contribution in [2.75, 3.05) is 6.26 Å². The molecule has 0 saturated carbocycles. The highest BCUT2D eigenvalue weighted by Gasteiger charge is 2.15. The van der Waals surface area contributed by atoms with Gasteiger partial charge in [0.1, 0.15) is 16.9 Å². The van der Waals surface area contributed by atoms with Gasteiger partial charge >= 0.3 is 0 Å². The van der Waals surface area contributed by atoms with Crippen LogP contribution in [0.5, 0.6) is 0 Å². The minimum Gasteiger partial charge on any atom is -0.301 e. The monoisotopic (exact) mass is 339 g/mol. The molecule has 0 aliphatic heterocycles. The fourth-order valence-electron chi connectivity index (χ4n) is 2.00. The number of aromatic nitrogens is 1. The highest BCUT2D eigenvalue weighted by Crippen LogP contribution is 2.26. The first kappa shape index (κ1) is 16.5. The first-order valence-corrected chi connectivity index (χ1v) is 8.44. The van der Waals surface area contributed by atoms with Gasteiger partial charge < -0.3 is 5.73 Å².